The van der Waals surface area contributed by atoms with E-state index in [4.69, 9.17) is 4.74 Å². The second-order valence-electron chi connectivity index (χ2n) is 2.68. The maximum Gasteiger partial charge on any atom is 0.154 e. The number of pyridine rings is 1. The molecule has 0 unspecified atom stereocenters. The monoisotopic (exact) mass is 181 g/mol. The van der Waals surface area contributed by atoms with E-state index in [0.29, 0.717) is 17.5 Å². The molecule has 70 valence electrons. The summed E-state index contributed by atoms with van der Waals surface area (Å²) >= 11 is 0. The average Bonchev–Trinajstić information content (AvgIpc) is 2.12. The van der Waals surface area contributed by atoms with Crippen molar-refractivity contribution < 1.29 is 14.6 Å². The number of methoxy groups -OCH3 is 1. The van der Waals surface area contributed by atoms with Crippen molar-refractivity contribution in [3.8, 4) is 5.75 Å². The summed E-state index contributed by atoms with van der Waals surface area (Å²) in [5.74, 6) is -0.0652. The molecule has 0 fully saturated rings. The third-order valence-corrected chi connectivity index (χ3v) is 1.78. The summed E-state index contributed by atoms with van der Waals surface area (Å²) in [5.41, 5.74) is 1.30. The van der Waals surface area contributed by atoms with Gasteiger partial charge in [-0.2, -0.15) is 0 Å². The normalized spacial score (nSPS) is 10.0. The van der Waals surface area contributed by atoms with Gasteiger partial charge in [-0.05, 0) is 6.92 Å². The molecule has 1 aromatic rings. The van der Waals surface area contributed by atoms with Gasteiger partial charge >= 0.3 is 0 Å². The van der Waals surface area contributed by atoms with Crippen LogP contribution in [0.25, 0.3) is 0 Å². The van der Waals surface area contributed by atoms with Crippen molar-refractivity contribution in [3.63, 3.8) is 0 Å². The van der Waals surface area contributed by atoms with Gasteiger partial charge in [0.1, 0.15) is 5.75 Å². The summed E-state index contributed by atoms with van der Waals surface area (Å²) in [7, 11) is 1.52. The van der Waals surface area contributed by atoms with Crippen LogP contribution in [0, 0.1) is 6.92 Å². The second-order valence-corrected chi connectivity index (χ2v) is 2.68. The van der Waals surface area contributed by atoms with E-state index < -0.39 is 0 Å². The number of nitrogens with zero attached hydrogens (tertiary/aromatic N) is 1. The van der Waals surface area contributed by atoms with Crippen LogP contribution < -0.4 is 0 Å². The van der Waals surface area contributed by atoms with Crippen molar-refractivity contribution in [2.75, 3.05) is 7.11 Å². The Balaban J connectivity index is 3.21. The Morgan fingerprint density at radius 2 is 2.38 bits per heavy atom. The molecule has 0 saturated heterocycles. The van der Waals surface area contributed by atoms with Crippen LogP contribution in [-0.4, -0.2) is 23.5 Å². The lowest BCUT2D eigenvalue weighted by Crippen LogP contribution is -1.98. The quantitative estimate of drug-likeness (QED) is 0.708. The van der Waals surface area contributed by atoms with Gasteiger partial charge < -0.3 is 9.84 Å². The van der Waals surface area contributed by atoms with Gasteiger partial charge in [0.25, 0.3) is 0 Å². The Morgan fingerprint density at radius 3 is 2.92 bits per heavy atom. The number of aldehydes is 1. The van der Waals surface area contributed by atoms with Crippen LogP contribution in [0.3, 0.4) is 0 Å². The van der Waals surface area contributed by atoms with E-state index in [2.05, 4.69) is 4.98 Å². The number of ether oxygens (including phenoxy) is 1. The highest BCUT2D eigenvalue weighted by Gasteiger charge is 2.10. The van der Waals surface area contributed by atoms with Crippen LogP contribution in [0.2, 0.25) is 0 Å². The zero-order valence-electron chi connectivity index (χ0n) is 7.57. The predicted molar refractivity (Wildman–Crippen MR) is 46.7 cm³/mol. The number of carbonyl (C=O) groups is 1. The van der Waals surface area contributed by atoms with Gasteiger partial charge in [0.15, 0.2) is 6.29 Å². The highest BCUT2D eigenvalue weighted by atomic mass is 16.5. The van der Waals surface area contributed by atoms with Crippen molar-refractivity contribution in [2.24, 2.45) is 0 Å². The van der Waals surface area contributed by atoms with Gasteiger partial charge in [-0.25, -0.2) is 0 Å². The van der Waals surface area contributed by atoms with E-state index in [1.807, 2.05) is 0 Å². The number of hydrogen-bond acceptors (Lipinski definition) is 4. The molecule has 1 aromatic heterocycles. The molecule has 0 aliphatic rings. The third-order valence-electron chi connectivity index (χ3n) is 1.78. The van der Waals surface area contributed by atoms with Gasteiger partial charge in [-0.1, -0.05) is 0 Å². The molecule has 1 rings (SSSR count). The van der Waals surface area contributed by atoms with Crippen LogP contribution in [0.15, 0.2) is 6.20 Å². The molecule has 0 aliphatic carbocycles. The fourth-order valence-electron chi connectivity index (χ4n) is 1.05. The molecule has 1 N–H and O–H groups in total. The van der Waals surface area contributed by atoms with E-state index in [-0.39, 0.29) is 17.9 Å². The van der Waals surface area contributed by atoms with Crippen molar-refractivity contribution in [1.82, 2.24) is 4.98 Å². The van der Waals surface area contributed by atoms with Crippen LogP contribution in [-0.2, 0) is 11.3 Å². The van der Waals surface area contributed by atoms with Crippen LogP contribution >= 0.6 is 0 Å². The molecule has 13 heavy (non-hydrogen) atoms. The number of aromatic nitrogens is 1. The molecular formula is C9H11NO3. The molecule has 0 bridgehead atoms. The zero-order valence-corrected chi connectivity index (χ0v) is 7.57. The zero-order chi connectivity index (χ0) is 9.84. The summed E-state index contributed by atoms with van der Waals surface area (Å²) < 4.78 is 4.86. The van der Waals surface area contributed by atoms with Gasteiger partial charge in [-0.15, -0.1) is 0 Å². The lowest BCUT2D eigenvalue weighted by atomic mass is 10.1. The molecule has 0 amide bonds. The molecule has 0 aromatic carbocycles. The van der Waals surface area contributed by atoms with Crippen molar-refractivity contribution in [3.05, 3.63) is 23.0 Å². The Kier molecular flexibility index (Phi) is 2.97. The molecule has 0 atom stereocenters. The topological polar surface area (TPSA) is 59.4 Å². The minimum atomic E-state index is -0.0652. The molecule has 0 spiro atoms. The summed E-state index contributed by atoms with van der Waals surface area (Å²) in [6.07, 6.45) is 2.14. The van der Waals surface area contributed by atoms with Crippen molar-refractivity contribution in [2.45, 2.75) is 13.5 Å². The Labute approximate surface area is 76.2 Å². The summed E-state index contributed by atoms with van der Waals surface area (Å²) in [4.78, 5) is 14.5. The van der Waals surface area contributed by atoms with E-state index in [1.165, 1.54) is 13.3 Å². The Morgan fingerprint density at radius 1 is 1.69 bits per heavy atom. The minimum Gasteiger partial charge on any atom is -0.505 e. The minimum absolute atomic E-state index is 0.0652. The number of rotatable bonds is 3. The number of carbonyl (C=O) groups excluding carboxylic acids is 1. The van der Waals surface area contributed by atoms with Gasteiger partial charge in [0.05, 0.1) is 17.9 Å². The van der Waals surface area contributed by atoms with Crippen LogP contribution in [0.4, 0.5) is 0 Å². The maximum absolute atomic E-state index is 10.6. The first-order chi connectivity index (χ1) is 6.20. The van der Waals surface area contributed by atoms with Gasteiger partial charge in [0.2, 0.25) is 0 Å². The molecular weight excluding hydrogens is 170 g/mol. The fourth-order valence-corrected chi connectivity index (χ4v) is 1.05. The first-order valence-electron chi connectivity index (χ1n) is 3.82. The van der Waals surface area contributed by atoms with Crippen molar-refractivity contribution >= 4 is 6.29 Å². The first-order valence-corrected chi connectivity index (χ1v) is 3.82. The van der Waals surface area contributed by atoms with Gasteiger partial charge in [0, 0.05) is 18.9 Å². The fraction of sp³-hybridized carbons (Fsp3) is 0.333. The highest BCUT2D eigenvalue weighted by Crippen LogP contribution is 2.21. The van der Waals surface area contributed by atoms with E-state index in [0.717, 1.165) is 0 Å². The molecule has 4 nitrogen and oxygen atoms in total. The summed E-state index contributed by atoms with van der Waals surface area (Å²) in [6, 6.07) is 0. The van der Waals surface area contributed by atoms with Gasteiger partial charge in [-0.3, -0.25) is 9.78 Å². The molecule has 0 aliphatic heterocycles. The SMILES string of the molecule is COCc1cnc(C)c(O)c1C=O. The van der Waals surface area contributed by atoms with E-state index >= 15 is 0 Å². The van der Waals surface area contributed by atoms with Crippen molar-refractivity contribution in [1.29, 1.82) is 0 Å². The van der Waals surface area contributed by atoms with Crippen LogP contribution in [0.5, 0.6) is 5.75 Å². The number of hydrogen-bond donors (Lipinski definition) is 1. The third kappa shape index (κ3) is 1.84. The highest BCUT2D eigenvalue weighted by molar-refractivity contribution is 5.81. The first kappa shape index (κ1) is 9.67. The van der Waals surface area contributed by atoms with Crippen LogP contribution in [0.1, 0.15) is 21.6 Å². The standard InChI is InChI=1S/C9H11NO3/c1-6-9(12)8(4-11)7(3-10-6)5-13-2/h3-4,12H,5H2,1-2H3. The molecule has 0 saturated carbocycles. The smallest absolute Gasteiger partial charge is 0.154 e. The summed E-state index contributed by atoms with van der Waals surface area (Å²) in [5, 5.41) is 9.46. The molecule has 1 heterocycles. The second kappa shape index (κ2) is 4.00. The summed E-state index contributed by atoms with van der Waals surface area (Å²) in [6.45, 7) is 1.91. The Bertz CT molecular complexity index is 323. The molecule has 0 radical (unpaired) electrons. The predicted octanol–water partition coefficient (Wildman–Crippen LogP) is 1.05. The maximum atomic E-state index is 10.6. The molecule has 4 heteroatoms. The average molecular weight is 181 g/mol. The lowest BCUT2D eigenvalue weighted by molar-refractivity contribution is 0.111. The van der Waals surface area contributed by atoms with E-state index in [1.54, 1.807) is 6.92 Å². The van der Waals surface area contributed by atoms with E-state index in [9.17, 15) is 9.90 Å². The largest absolute Gasteiger partial charge is 0.505 e. The Hall–Kier alpha value is -1.42. The number of aryl methyl sites for hydroxylation is 1. The lowest BCUT2D eigenvalue weighted by Gasteiger charge is -2.06. The number of aromatic hydroxyl groups is 1.